The molecule has 2 aromatic carbocycles. The Kier molecular flexibility index (Phi) is 9.70. The summed E-state index contributed by atoms with van der Waals surface area (Å²) in [4.78, 5) is 14.8. The number of hydroxylamine groups is 1. The molecular formula is C24H34N2O6S. The Morgan fingerprint density at radius 1 is 0.970 bits per heavy atom. The minimum Gasteiger partial charge on any atom is -0.494 e. The molecule has 2 N–H and O–H groups in total. The molecule has 9 heteroatoms. The van der Waals surface area contributed by atoms with Gasteiger partial charge in [-0.3, -0.25) is 10.0 Å². The van der Waals surface area contributed by atoms with E-state index in [1.54, 1.807) is 24.3 Å². The Morgan fingerprint density at radius 2 is 1.52 bits per heavy atom. The number of nitrogens with one attached hydrogen (secondary N) is 1. The number of carbonyl (C=O) groups excluding carboxylic acids is 1. The lowest BCUT2D eigenvalue weighted by atomic mass is 9.99. The Morgan fingerprint density at radius 3 is 2.03 bits per heavy atom. The molecule has 0 saturated heterocycles. The zero-order chi connectivity index (χ0) is 24.5. The number of hydrogen-bond donors (Lipinski definition) is 2. The predicted octanol–water partition coefficient (Wildman–Crippen LogP) is 3.09. The largest absolute Gasteiger partial charge is 0.494 e. The molecule has 8 nitrogen and oxygen atoms in total. The lowest BCUT2D eigenvalue weighted by Gasteiger charge is -2.27. The van der Waals surface area contributed by atoms with Gasteiger partial charge in [0.25, 0.3) is 5.91 Å². The quantitative estimate of drug-likeness (QED) is 0.337. The molecule has 0 heterocycles. The van der Waals surface area contributed by atoms with Gasteiger partial charge in [-0.2, -0.15) is 0 Å². The molecule has 0 spiro atoms. The SMILES string of the molecule is CCOc1ccc(S(=O)(=O)C(C)(Cc2ccc(OCCN(CC)CC)cc2)C(=O)NO)cc1. The summed E-state index contributed by atoms with van der Waals surface area (Å²) in [7, 11) is -4.15. The van der Waals surface area contributed by atoms with Gasteiger partial charge in [-0.1, -0.05) is 26.0 Å². The van der Waals surface area contributed by atoms with Crippen LogP contribution in [0, 0.1) is 0 Å². The molecule has 0 aromatic heterocycles. The van der Waals surface area contributed by atoms with Crippen LogP contribution in [0.4, 0.5) is 0 Å². The van der Waals surface area contributed by atoms with Gasteiger partial charge in [0.2, 0.25) is 0 Å². The highest BCUT2D eigenvalue weighted by Crippen LogP contribution is 2.31. The van der Waals surface area contributed by atoms with E-state index in [9.17, 15) is 18.4 Å². The first-order valence-electron chi connectivity index (χ1n) is 11.1. The van der Waals surface area contributed by atoms with Gasteiger partial charge in [0.1, 0.15) is 18.1 Å². The second-order valence-electron chi connectivity index (χ2n) is 7.78. The van der Waals surface area contributed by atoms with Gasteiger partial charge in [-0.25, -0.2) is 13.9 Å². The van der Waals surface area contributed by atoms with Crippen molar-refractivity contribution in [3.63, 3.8) is 0 Å². The van der Waals surface area contributed by atoms with Crippen LogP contribution in [0.25, 0.3) is 0 Å². The molecule has 1 amide bonds. The van der Waals surface area contributed by atoms with Crippen molar-refractivity contribution in [1.29, 1.82) is 0 Å². The van der Waals surface area contributed by atoms with Crippen LogP contribution in [0.15, 0.2) is 53.4 Å². The summed E-state index contributed by atoms with van der Waals surface area (Å²) in [6.45, 7) is 11.0. The predicted molar refractivity (Wildman–Crippen MR) is 127 cm³/mol. The molecule has 0 radical (unpaired) electrons. The average Bonchev–Trinajstić information content (AvgIpc) is 2.82. The summed E-state index contributed by atoms with van der Waals surface area (Å²) in [6.07, 6.45) is -0.130. The van der Waals surface area contributed by atoms with Gasteiger partial charge in [0, 0.05) is 13.0 Å². The summed E-state index contributed by atoms with van der Waals surface area (Å²) in [6, 6.07) is 12.8. The minimum atomic E-state index is -4.15. The number of ether oxygens (including phenoxy) is 2. The first-order chi connectivity index (χ1) is 15.7. The van der Waals surface area contributed by atoms with Crippen LogP contribution in [0.2, 0.25) is 0 Å². The van der Waals surface area contributed by atoms with E-state index in [2.05, 4.69) is 18.7 Å². The topological polar surface area (TPSA) is 105 Å². The highest BCUT2D eigenvalue weighted by Gasteiger charge is 2.47. The Balaban J connectivity index is 2.21. The highest BCUT2D eigenvalue weighted by atomic mass is 32.2. The maximum absolute atomic E-state index is 13.4. The lowest BCUT2D eigenvalue weighted by molar-refractivity contribution is -0.131. The minimum absolute atomic E-state index is 0.0339. The molecule has 0 aliphatic rings. The normalized spacial score (nSPS) is 13.4. The van der Waals surface area contributed by atoms with Crippen LogP contribution in [0.3, 0.4) is 0 Å². The number of benzene rings is 2. The van der Waals surface area contributed by atoms with Crippen molar-refractivity contribution >= 4 is 15.7 Å². The number of amides is 1. The fraction of sp³-hybridized carbons (Fsp3) is 0.458. The lowest BCUT2D eigenvalue weighted by Crippen LogP contribution is -2.51. The Bertz CT molecular complexity index is 989. The van der Waals surface area contributed by atoms with Crippen LogP contribution in [0.5, 0.6) is 11.5 Å². The van der Waals surface area contributed by atoms with E-state index in [0.29, 0.717) is 30.3 Å². The molecule has 0 aliphatic heterocycles. The molecule has 0 bridgehead atoms. The molecule has 2 aromatic rings. The van der Waals surface area contributed by atoms with Crippen LogP contribution in [0.1, 0.15) is 33.3 Å². The van der Waals surface area contributed by atoms with E-state index in [4.69, 9.17) is 9.47 Å². The van der Waals surface area contributed by atoms with Crippen molar-refractivity contribution < 1.29 is 27.9 Å². The van der Waals surface area contributed by atoms with E-state index in [0.717, 1.165) is 19.6 Å². The molecule has 1 unspecified atom stereocenters. The van der Waals surface area contributed by atoms with Crippen LogP contribution in [-0.2, 0) is 21.1 Å². The van der Waals surface area contributed by atoms with Crippen LogP contribution < -0.4 is 15.0 Å². The van der Waals surface area contributed by atoms with Gasteiger partial charge in [-0.15, -0.1) is 0 Å². The van der Waals surface area contributed by atoms with E-state index in [1.165, 1.54) is 36.7 Å². The van der Waals surface area contributed by atoms with Crippen molar-refractivity contribution in [1.82, 2.24) is 10.4 Å². The summed E-state index contributed by atoms with van der Waals surface area (Å²) >= 11 is 0. The maximum Gasteiger partial charge on any atom is 0.265 e. The molecule has 0 fully saturated rings. The van der Waals surface area contributed by atoms with E-state index >= 15 is 0 Å². The summed E-state index contributed by atoms with van der Waals surface area (Å²) in [5.41, 5.74) is 2.14. The monoisotopic (exact) mass is 478 g/mol. The third kappa shape index (κ3) is 6.46. The van der Waals surface area contributed by atoms with Gasteiger partial charge >= 0.3 is 0 Å². The van der Waals surface area contributed by atoms with Crippen molar-refractivity contribution in [2.75, 3.05) is 32.8 Å². The average molecular weight is 479 g/mol. The second-order valence-corrected chi connectivity index (χ2v) is 10.2. The molecule has 182 valence electrons. The van der Waals surface area contributed by atoms with Crippen molar-refractivity contribution in [3.05, 3.63) is 54.1 Å². The summed E-state index contributed by atoms with van der Waals surface area (Å²) in [5, 5.41) is 9.29. The van der Waals surface area contributed by atoms with E-state index in [-0.39, 0.29) is 11.3 Å². The number of nitrogens with zero attached hydrogens (tertiary/aromatic N) is 1. The Hall–Kier alpha value is -2.62. The second kappa shape index (κ2) is 12.0. The maximum atomic E-state index is 13.4. The number of sulfone groups is 1. The van der Waals surface area contributed by atoms with E-state index < -0.39 is 20.5 Å². The van der Waals surface area contributed by atoms with Gasteiger partial charge < -0.3 is 14.4 Å². The third-order valence-electron chi connectivity index (χ3n) is 5.66. The molecule has 0 aliphatic carbocycles. The zero-order valence-electron chi connectivity index (χ0n) is 19.7. The molecule has 2 rings (SSSR count). The first kappa shape index (κ1) is 26.6. The standard InChI is InChI=1S/C24H34N2O6S/c1-5-26(6-2)16-17-32-21-10-8-19(9-11-21)18-24(4,23(27)25-28)33(29,30)22-14-12-20(13-15-22)31-7-3/h8-15,28H,5-7,16-18H2,1-4H3,(H,25,27). The van der Waals surface area contributed by atoms with Gasteiger partial charge in [-0.05, 0) is 68.9 Å². The fourth-order valence-corrected chi connectivity index (χ4v) is 5.14. The van der Waals surface area contributed by atoms with Crippen LogP contribution >= 0.6 is 0 Å². The first-order valence-corrected chi connectivity index (χ1v) is 12.6. The van der Waals surface area contributed by atoms with E-state index in [1.807, 2.05) is 6.92 Å². The summed E-state index contributed by atoms with van der Waals surface area (Å²) < 4.78 is 36.0. The molecule has 33 heavy (non-hydrogen) atoms. The third-order valence-corrected chi connectivity index (χ3v) is 8.06. The van der Waals surface area contributed by atoms with Gasteiger partial charge in [0.05, 0.1) is 11.5 Å². The number of hydrogen-bond acceptors (Lipinski definition) is 7. The molecular weight excluding hydrogens is 444 g/mol. The van der Waals surface area contributed by atoms with Crippen molar-refractivity contribution in [3.8, 4) is 11.5 Å². The Labute approximate surface area is 196 Å². The molecule has 1 atom stereocenters. The highest BCUT2D eigenvalue weighted by molar-refractivity contribution is 7.93. The fourth-order valence-electron chi connectivity index (χ4n) is 3.48. The van der Waals surface area contributed by atoms with Crippen LogP contribution in [-0.4, -0.2) is 62.0 Å². The number of rotatable bonds is 13. The summed E-state index contributed by atoms with van der Waals surface area (Å²) in [5.74, 6) is 0.186. The number of likely N-dealkylation sites (N-methyl/N-ethyl adjacent to an activating group) is 1. The number of carbonyl (C=O) groups is 1. The smallest absolute Gasteiger partial charge is 0.265 e. The molecule has 0 saturated carbocycles. The van der Waals surface area contributed by atoms with Crippen molar-refractivity contribution in [2.24, 2.45) is 0 Å². The zero-order valence-corrected chi connectivity index (χ0v) is 20.5. The van der Waals surface area contributed by atoms with Gasteiger partial charge in [0.15, 0.2) is 14.6 Å². The van der Waals surface area contributed by atoms with Crippen molar-refractivity contribution in [2.45, 2.75) is 43.8 Å².